The average Bonchev–Trinajstić information content (AvgIpc) is 3.43. The zero-order valence-electron chi connectivity index (χ0n) is 28.6. The maximum absolute atomic E-state index is 16.5. The van der Waals surface area contributed by atoms with E-state index in [9.17, 15) is 27.9 Å². The third-order valence-electron chi connectivity index (χ3n) is 7.55. The van der Waals surface area contributed by atoms with E-state index in [0.717, 1.165) is 22.4 Å². The van der Waals surface area contributed by atoms with Crippen LogP contribution in [0.4, 0.5) is 17.6 Å². The minimum Gasteiger partial charge on any atom is -0.490 e. The number of halogens is 4. The number of aromatic carboxylic acids is 1. The van der Waals surface area contributed by atoms with E-state index in [2.05, 4.69) is 28.8 Å². The standard InChI is InChI=1S/C33H39FN6O4.C2HF3O2/c1-6-20-15-24(28(34)27(17-20)44-19-33(2,3)18-39(4)5)25(16-21-11-13-22(14-12-21)29(35)36)30-37-32(43)40(38-30)26-10-8-7-9-23(26)31(41)42;3-2(4,5)1(6)7/h7-15,17,25H,6,16,18-19H2,1-5H3,(H3,35,36)(H,41,42)(H,37,38,43);(H,6,7). The highest BCUT2D eigenvalue weighted by molar-refractivity contribution is 5.94. The Morgan fingerprint density at radius 1 is 1.06 bits per heavy atom. The molecule has 0 fully saturated rings. The van der Waals surface area contributed by atoms with Crippen molar-refractivity contribution in [3.63, 3.8) is 0 Å². The van der Waals surface area contributed by atoms with Crippen LogP contribution in [0, 0.1) is 16.6 Å². The molecule has 0 bridgehead atoms. The van der Waals surface area contributed by atoms with Gasteiger partial charge in [0.05, 0.1) is 23.8 Å². The SMILES string of the molecule is CCc1cc(OCC(C)(C)CN(C)C)c(F)c(C(Cc2ccc(C(=N)N)cc2)c2nn(-c3ccccc3C(=O)O)c(=O)[nH]2)c1.O=C(O)C(F)(F)F. The predicted molar refractivity (Wildman–Crippen MR) is 181 cm³/mol. The molecular formula is C35H40F4N6O6. The number of carbonyl (C=O) groups is 2. The van der Waals surface area contributed by atoms with Gasteiger partial charge in [0.25, 0.3) is 0 Å². The number of para-hydroxylation sites is 1. The van der Waals surface area contributed by atoms with Gasteiger partial charge in [-0.2, -0.15) is 17.9 Å². The number of nitrogens with one attached hydrogen (secondary N) is 2. The predicted octanol–water partition coefficient (Wildman–Crippen LogP) is 5.22. The van der Waals surface area contributed by atoms with Gasteiger partial charge in [-0.3, -0.25) is 10.4 Å². The molecule has 1 atom stereocenters. The van der Waals surface area contributed by atoms with Crippen molar-refractivity contribution >= 4 is 17.8 Å². The van der Waals surface area contributed by atoms with Crippen LogP contribution in [0.3, 0.4) is 0 Å². The van der Waals surface area contributed by atoms with Gasteiger partial charge in [-0.05, 0) is 56.3 Å². The number of H-pyrrole nitrogens is 1. The van der Waals surface area contributed by atoms with Crippen LogP contribution in [0.25, 0.3) is 5.69 Å². The molecule has 0 aliphatic carbocycles. The summed E-state index contributed by atoms with van der Waals surface area (Å²) in [6.45, 7) is 7.09. The largest absolute Gasteiger partial charge is 0.490 e. The van der Waals surface area contributed by atoms with Gasteiger partial charge in [0, 0.05) is 23.1 Å². The van der Waals surface area contributed by atoms with E-state index in [1.165, 1.54) is 12.1 Å². The lowest BCUT2D eigenvalue weighted by Crippen LogP contribution is -2.33. The Morgan fingerprint density at radius 3 is 2.20 bits per heavy atom. The minimum atomic E-state index is -5.08. The lowest BCUT2D eigenvalue weighted by molar-refractivity contribution is -0.192. The number of aryl methyl sites for hydroxylation is 1. The molecule has 0 saturated carbocycles. The number of carboxylic acid groups (broad SMARTS) is 2. The number of aromatic nitrogens is 3. The fourth-order valence-electron chi connectivity index (χ4n) is 5.33. The van der Waals surface area contributed by atoms with E-state index in [0.29, 0.717) is 12.0 Å². The van der Waals surface area contributed by atoms with Gasteiger partial charge in [0.1, 0.15) is 11.7 Å². The van der Waals surface area contributed by atoms with Crippen LogP contribution >= 0.6 is 0 Å². The molecule has 0 aliphatic rings. The number of nitrogens with zero attached hydrogens (tertiary/aromatic N) is 3. The number of nitrogens with two attached hydrogens (primary N) is 1. The Labute approximate surface area is 291 Å². The normalized spacial score (nSPS) is 12.2. The van der Waals surface area contributed by atoms with E-state index >= 15 is 4.39 Å². The lowest BCUT2D eigenvalue weighted by Gasteiger charge is -2.28. The van der Waals surface area contributed by atoms with Gasteiger partial charge in [0.15, 0.2) is 11.6 Å². The molecule has 0 aliphatic heterocycles. The third kappa shape index (κ3) is 10.7. The van der Waals surface area contributed by atoms with Crippen LogP contribution in [0.2, 0.25) is 0 Å². The van der Waals surface area contributed by atoms with Crippen LogP contribution < -0.4 is 16.2 Å². The molecule has 0 saturated heterocycles. The zero-order chi connectivity index (χ0) is 38.3. The highest BCUT2D eigenvalue weighted by Crippen LogP contribution is 2.35. The summed E-state index contributed by atoms with van der Waals surface area (Å²) in [4.78, 5) is 38.8. The number of carboxylic acids is 2. The van der Waals surface area contributed by atoms with Gasteiger partial charge in [-0.25, -0.2) is 18.8 Å². The number of amidine groups is 1. The Balaban J connectivity index is 0.000000908. The fraction of sp³-hybridized carbons (Fsp3) is 0.343. The number of ether oxygens (including phenoxy) is 1. The lowest BCUT2D eigenvalue weighted by atomic mass is 9.89. The quantitative estimate of drug-likeness (QED) is 0.0703. The first-order chi connectivity index (χ1) is 23.7. The molecule has 1 heterocycles. The van der Waals surface area contributed by atoms with E-state index in [1.54, 1.807) is 48.5 Å². The van der Waals surface area contributed by atoms with Crippen molar-refractivity contribution in [1.82, 2.24) is 19.7 Å². The maximum Gasteiger partial charge on any atom is 0.490 e. The van der Waals surface area contributed by atoms with Crippen molar-refractivity contribution in [2.45, 2.75) is 45.7 Å². The molecule has 1 unspecified atom stereocenters. The molecule has 0 radical (unpaired) electrons. The highest BCUT2D eigenvalue weighted by atomic mass is 19.4. The maximum atomic E-state index is 16.5. The monoisotopic (exact) mass is 716 g/mol. The number of nitrogen functional groups attached to an aromatic ring is 1. The summed E-state index contributed by atoms with van der Waals surface area (Å²) < 4.78 is 55.3. The molecule has 3 aromatic carbocycles. The average molecular weight is 717 g/mol. The van der Waals surface area contributed by atoms with Gasteiger partial charge >= 0.3 is 23.8 Å². The second kappa shape index (κ2) is 16.5. The first kappa shape index (κ1) is 39.9. The summed E-state index contributed by atoms with van der Waals surface area (Å²) in [6.07, 6.45) is -4.23. The van der Waals surface area contributed by atoms with Crippen LogP contribution in [0.1, 0.15) is 65.1 Å². The Hall–Kier alpha value is -5.51. The molecular weight excluding hydrogens is 676 g/mol. The smallest absolute Gasteiger partial charge is 0.490 e. The van der Waals surface area contributed by atoms with E-state index in [1.807, 2.05) is 21.0 Å². The van der Waals surface area contributed by atoms with Crippen molar-refractivity contribution in [2.24, 2.45) is 11.1 Å². The summed E-state index contributed by atoms with van der Waals surface area (Å²) >= 11 is 0. The molecule has 4 rings (SSSR count). The zero-order valence-corrected chi connectivity index (χ0v) is 28.6. The number of alkyl halides is 3. The van der Waals surface area contributed by atoms with Crippen LogP contribution in [0.15, 0.2) is 65.5 Å². The molecule has 16 heteroatoms. The van der Waals surface area contributed by atoms with Crippen molar-refractivity contribution in [1.29, 1.82) is 5.41 Å². The molecule has 4 aromatic rings. The van der Waals surface area contributed by atoms with Crippen LogP contribution in [0.5, 0.6) is 5.75 Å². The van der Waals surface area contributed by atoms with Crippen molar-refractivity contribution in [2.75, 3.05) is 27.2 Å². The van der Waals surface area contributed by atoms with Crippen LogP contribution in [-0.4, -0.2) is 81.1 Å². The molecule has 274 valence electrons. The minimum absolute atomic E-state index is 0.0751. The van der Waals surface area contributed by atoms with Gasteiger partial charge < -0.3 is 25.6 Å². The molecule has 6 N–H and O–H groups in total. The third-order valence-corrected chi connectivity index (χ3v) is 7.55. The van der Waals surface area contributed by atoms with Crippen LogP contribution in [-0.2, 0) is 17.6 Å². The number of aliphatic carboxylic acids is 1. The van der Waals surface area contributed by atoms with Crippen molar-refractivity contribution in [3.8, 4) is 11.4 Å². The number of hydrogen-bond donors (Lipinski definition) is 5. The molecule has 12 nitrogen and oxygen atoms in total. The molecule has 0 amide bonds. The number of hydrogen-bond acceptors (Lipinski definition) is 7. The Morgan fingerprint density at radius 2 is 1.67 bits per heavy atom. The van der Waals surface area contributed by atoms with E-state index < -0.39 is 35.5 Å². The van der Waals surface area contributed by atoms with E-state index in [-0.39, 0.29) is 52.7 Å². The first-order valence-corrected chi connectivity index (χ1v) is 15.6. The van der Waals surface area contributed by atoms with E-state index in [4.69, 9.17) is 25.8 Å². The van der Waals surface area contributed by atoms with Gasteiger partial charge in [-0.1, -0.05) is 63.2 Å². The Kier molecular flexibility index (Phi) is 12.9. The summed E-state index contributed by atoms with van der Waals surface area (Å²) in [5.41, 5.74) is 7.18. The molecule has 1 aromatic heterocycles. The number of aromatic amines is 1. The molecule has 51 heavy (non-hydrogen) atoms. The summed E-state index contributed by atoms with van der Waals surface area (Å²) in [7, 11) is 3.95. The van der Waals surface area contributed by atoms with Crippen molar-refractivity contribution in [3.05, 3.63) is 111 Å². The summed E-state index contributed by atoms with van der Waals surface area (Å²) in [6, 6.07) is 16.5. The Bertz CT molecular complexity index is 1920. The summed E-state index contributed by atoms with van der Waals surface area (Å²) in [5.74, 6) is -5.10. The second-order valence-electron chi connectivity index (χ2n) is 12.8. The second-order valence-corrected chi connectivity index (χ2v) is 12.8. The first-order valence-electron chi connectivity index (χ1n) is 15.6. The summed E-state index contributed by atoms with van der Waals surface area (Å²) in [5, 5.41) is 29.0. The number of benzene rings is 3. The fourth-order valence-corrected chi connectivity index (χ4v) is 5.33. The molecule has 0 spiro atoms. The highest BCUT2D eigenvalue weighted by Gasteiger charge is 2.38. The van der Waals surface area contributed by atoms with Gasteiger partial charge in [0.2, 0.25) is 0 Å². The number of rotatable bonds is 13. The topological polar surface area (TPSA) is 188 Å². The van der Waals surface area contributed by atoms with Gasteiger partial charge in [-0.15, -0.1) is 5.10 Å². The van der Waals surface area contributed by atoms with Crippen molar-refractivity contribution < 1.29 is 42.1 Å².